The first-order chi connectivity index (χ1) is 10.4. The molecule has 1 aromatic rings. The molecule has 0 aliphatic carbocycles. The summed E-state index contributed by atoms with van der Waals surface area (Å²) in [4.78, 5) is -0.594. The predicted octanol–water partition coefficient (Wildman–Crippen LogP) is 3.21. The molecule has 2 aliphatic heterocycles. The largest absolute Gasteiger partial charge is 0.380 e. The fourth-order valence-corrected chi connectivity index (χ4v) is 7.92. The second-order valence-electron chi connectivity index (χ2n) is 6.63. The molecule has 7 heteroatoms. The van der Waals surface area contributed by atoms with Crippen LogP contribution in [-0.4, -0.2) is 34.2 Å². The van der Waals surface area contributed by atoms with E-state index >= 15 is 0 Å². The molecule has 3 atom stereocenters. The van der Waals surface area contributed by atoms with Crippen molar-refractivity contribution in [2.45, 2.75) is 31.3 Å². The van der Waals surface area contributed by atoms with E-state index in [0.29, 0.717) is 25.4 Å². The van der Waals surface area contributed by atoms with Gasteiger partial charge in [0.2, 0.25) is 0 Å². The van der Waals surface area contributed by atoms with E-state index in [4.69, 9.17) is 9.05 Å². The molecule has 0 unspecified atom stereocenters. The van der Waals surface area contributed by atoms with Crippen LogP contribution in [0.1, 0.15) is 20.3 Å². The van der Waals surface area contributed by atoms with Gasteiger partial charge in [-0.3, -0.25) is 8.77 Å². The van der Waals surface area contributed by atoms with E-state index < -0.39 is 23.4 Å². The molecule has 1 aromatic carbocycles. The second kappa shape index (κ2) is 6.08. The van der Waals surface area contributed by atoms with Gasteiger partial charge in [-0.1, -0.05) is 32.0 Å². The van der Waals surface area contributed by atoms with Crippen molar-refractivity contribution in [1.82, 2.24) is 0 Å². The van der Waals surface area contributed by atoms with E-state index in [1.54, 1.807) is 0 Å². The molecule has 1 N–H and O–H groups in total. The number of rotatable bonds is 3. The Morgan fingerprint density at radius 1 is 1.23 bits per heavy atom. The smallest absolute Gasteiger partial charge is 0.348 e. The minimum absolute atomic E-state index is 0.156. The number of anilines is 1. The molecule has 0 saturated carbocycles. The summed E-state index contributed by atoms with van der Waals surface area (Å²) in [6, 6.07) is 9.53. The van der Waals surface area contributed by atoms with Crippen molar-refractivity contribution in [2.24, 2.45) is 5.41 Å². The lowest BCUT2D eigenvalue weighted by Crippen LogP contribution is -2.37. The minimum Gasteiger partial charge on any atom is -0.380 e. The summed E-state index contributed by atoms with van der Waals surface area (Å²) in [5.41, 5.74) is 0.774. The van der Waals surface area contributed by atoms with Gasteiger partial charge in [-0.2, -0.15) is 0 Å². The van der Waals surface area contributed by atoms with Crippen molar-refractivity contribution in [3.63, 3.8) is 0 Å². The van der Waals surface area contributed by atoms with E-state index in [2.05, 4.69) is 5.32 Å². The molecule has 0 bridgehead atoms. The van der Waals surface area contributed by atoms with Crippen LogP contribution >= 0.6 is 7.60 Å². The lowest BCUT2D eigenvalue weighted by molar-refractivity contribution is 0.0402. The average Bonchev–Trinajstić information content (AvgIpc) is 2.85. The van der Waals surface area contributed by atoms with Crippen molar-refractivity contribution >= 4 is 24.1 Å². The highest BCUT2D eigenvalue weighted by Gasteiger charge is 2.52. The lowest BCUT2D eigenvalue weighted by atomic mass is 9.97. The summed E-state index contributed by atoms with van der Waals surface area (Å²) >= 11 is 0. The Bertz CT molecular complexity index is 593. The number of nitrogens with one attached hydrogen (secondary N) is 1. The van der Waals surface area contributed by atoms with E-state index in [1.807, 2.05) is 44.2 Å². The van der Waals surface area contributed by atoms with E-state index in [-0.39, 0.29) is 11.5 Å². The molecule has 0 amide bonds. The Morgan fingerprint density at radius 3 is 2.50 bits per heavy atom. The summed E-state index contributed by atoms with van der Waals surface area (Å²) in [7, 11) is -4.55. The highest BCUT2D eigenvalue weighted by molar-refractivity contribution is 7.93. The van der Waals surface area contributed by atoms with Gasteiger partial charge in [0.05, 0.1) is 19.3 Å². The Kier molecular flexibility index (Phi) is 4.47. The van der Waals surface area contributed by atoms with Crippen LogP contribution in [0, 0.1) is 5.41 Å². The van der Waals surface area contributed by atoms with Crippen LogP contribution < -0.4 is 5.32 Å². The van der Waals surface area contributed by atoms with Crippen LogP contribution in [0.3, 0.4) is 0 Å². The minimum atomic E-state index is -3.35. The molecule has 0 aromatic heterocycles. The van der Waals surface area contributed by atoms with Gasteiger partial charge in [0.15, 0.2) is 4.99 Å². The quantitative estimate of drug-likeness (QED) is 0.854. The molecule has 5 nitrogen and oxygen atoms in total. The fourth-order valence-electron chi connectivity index (χ4n) is 2.70. The zero-order valence-corrected chi connectivity index (χ0v) is 14.6. The fraction of sp³-hybridized carbons (Fsp3) is 0.600. The van der Waals surface area contributed by atoms with Gasteiger partial charge >= 0.3 is 7.60 Å². The summed E-state index contributed by atoms with van der Waals surface area (Å²) < 4.78 is 36.6. The predicted molar refractivity (Wildman–Crippen MR) is 88.6 cm³/mol. The Morgan fingerprint density at radius 2 is 1.86 bits per heavy atom. The van der Waals surface area contributed by atoms with Crippen molar-refractivity contribution < 1.29 is 17.8 Å². The van der Waals surface area contributed by atoms with Crippen molar-refractivity contribution in [1.29, 1.82) is 0 Å². The average molecular weight is 343 g/mol. The van der Waals surface area contributed by atoms with Crippen LogP contribution in [-0.2, 0) is 24.4 Å². The molecule has 3 rings (SSSR count). The molecule has 0 radical (unpaired) electrons. The maximum absolute atomic E-state index is 13.1. The number of hydrogen-bond donors (Lipinski definition) is 1. The van der Waals surface area contributed by atoms with Gasteiger partial charge in [0.25, 0.3) is 0 Å². The summed E-state index contributed by atoms with van der Waals surface area (Å²) in [6.07, 6.45) is 0.701. The van der Waals surface area contributed by atoms with Crippen LogP contribution in [0.5, 0.6) is 0 Å². The van der Waals surface area contributed by atoms with Crippen LogP contribution in [0.15, 0.2) is 30.3 Å². The van der Waals surface area contributed by atoms with E-state index in [9.17, 15) is 8.77 Å². The number of benzene rings is 1. The Balaban J connectivity index is 1.78. The van der Waals surface area contributed by atoms with Crippen LogP contribution in [0.2, 0.25) is 0 Å². The Hall–Kier alpha value is -0.680. The van der Waals surface area contributed by atoms with Gasteiger partial charge < -0.3 is 14.4 Å². The standard InChI is InChI=1S/C15H22NO4PS/c1-15(2)10-19-21(17,20-11-15)14-13(8-9-22(14)18)16-12-6-4-3-5-7-12/h3-7,13-14,16H,8-11H2,1-2H3/t13-,14-,22+/m1/s1. The molecule has 22 heavy (non-hydrogen) atoms. The van der Waals surface area contributed by atoms with E-state index in [0.717, 1.165) is 5.69 Å². The maximum atomic E-state index is 13.1. The van der Waals surface area contributed by atoms with E-state index in [1.165, 1.54) is 0 Å². The zero-order chi connectivity index (χ0) is 15.8. The monoisotopic (exact) mass is 343 g/mol. The van der Waals surface area contributed by atoms with Crippen LogP contribution in [0.4, 0.5) is 5.69 Å². The number of para-hydroxylation sites is 1. The van der Waals surface area contributed by atoms with Crippen LogP contribution in [0.25, 0.3) is 0 Å². The van der Waals surface area contributed by atoms with Crippen molar-refractivity contribution in [3.8, 4) is 0 Å². The number of hydrogen-bond acceptors (Lipinski definition) is 5. The van der Waals surface area contributed by atoms with Gasteiger partial charge in [-0.15, -0.1) is 0 Å². The van der Waals surface area contributed by atoms with Gasteiger partial charge in [-0.05, 0) is 18.6 Å². The Labute approximate surface area is 133 Å². The second-order valence-corrected chi connectivity index (χ2v) is 10.8. The SMILES string of the molecule is CC1(C)COP(=O)([C@H]2[C@H](Nc3ccccc3)CC[S@@]2=O)OC1. The molecule has 122 valence electrons. The molecule has 0 spiro atoms. The third kappa shape index (κ3) is 3.30. The maximum Gasteiger partial charge on any atom is 0.348 e. The summed E-state index contributed by atoms with van der Waals surface area (Å²) in [5, 5.41) is 3.34. The summed E-state index contributed by atoms with van der Waals surface area (Å²) in [6.45, 7) is 4.75. The third-order valence-electron chi connectivity index (χ3n) is 3.95. The zero-order valence-electron chi connectivity index (χ0n) is 12.9. The lowest BCUT2D eigenvalue weighted by Gasteiger charge is -2.37. The first-order valence-corrected chi connectivity index (χ1v) is 10.5. The molecule has 2 heterocycles. The molecular weight excluding hydrogens is 321 g/mol. The highest BCUT2D eigenvalue weighted by Crippen LogP contribution is 2.61. The van der Waals surface area contributed by atoms with Gasteiger partial charge in [-0.25, -0.2) is 0 Å². The first kappa shape index (κ1) is 16.2. The molecule has 2 fully saturated rings. The molecule has 2 aliphatic rings. The normalized spacial score (nSPS) is 33.5. The van der Waals surface area contributed by atoms with Crippen molar-refractivity contribution in [2.75, 3.05) is 24.3 Å². The third-order valence-corrected chi connectivity index (χ3v) is 8.90. The van der Waals surface area contributed by atoms with Gasteiger partial charge in [0, 0.05) is 27.7 Å². The topological polar surface area (TPSA) is 64.6 Å². The summed E-state index contributed by atoms with van der Waals surface area (Å²) in [5.74, 6) is 0.523. The molecule has 2 saturated heterocycles. The van der Waals surface area contributed by atoms with Crippen molar-refractivity contribution in [3.05, 3.63) is 30.3 Å². The first-order valence-electron chi connectivity index (χ1n) is 7.47. The highest BCUT2D eigenvalue weighted by atomic mass is 32.2. The van der Waals surface area contributed by atoms with Gasteiger partial charge in [0.1, 0.15) is 0 Å². The molecular formula is C15H22NO4PS.